The Balaban J connectivity index is 5.83. The molecule has 17 heavy (non-hydrogen) atoms. The molecule has 4 nitrogen and oxygen atoms in total. The Labute approximate surface area is 106 Å². The Morgan fingerprint density at radius 3 is 1.65 bits per heavy atom. The van der Waals surface area contributed by atoms with E-state index in [1.54, 1.807) is 0 Å². The van der Waals surface area contributed by atoms with Gasteiger partial charge in [-0.1, -0.05) is 41.5 Å². The molecule has 0 aliphatic carbocycles. The fourth-order valence-electron chi connectivity index (χ4n) is 2.19. The number of rotatable bonds is 4. The van der Waals surface area contributed by atoms with E-state index >= 15 is 0 Å². The van der Waals surface area contributed by atoms with Gasteiger partial charge in [0.05, 0.1) is 6.61 Å². The maximum atomic E-state index is 12.3. The molecule has 0 heterocycles. The van der Waals surface area contributed by atoms with Gasteiger partial charge in [0.2, 0.25) is 10.0 Å². The first-order valence-corrected chi connectivity index (χ1v) is 7.35. The van der Waals surface area contributed by atoms with Gasteiger partial charge in [-0.2, -0.15) is 0 Å². The van der Waals surface area contributed by atoms with Crippen LogP contribution in [0.3, 0.4) is 0 Å². The van der Waals surface area contributed by atoms with E-state index in [0.717, 1.165) is 0 Å². The zero-order valence-corrected chi connectivity index (χ0v) is 12.9. The highest BCUT2D eigenvalue weighted by atomic mass is 32.2. The lowest BCUT2D eigenvalue weighted by molar-refractivity contribution is 0.111. The molecule has 1 unspecified atom stereocenters. The van der Waals surface area contributed by atoms with Crippen LogP contribution >= 0.6 is 0 Å². The van der Waals surface area contributed by atoms with Crippen LogP contribution in [0.25, 0.3) is 0 Å². The van der Waals surface area contributed by atoms with Crippen LogP contribution in [-0.4, -0.2) is 31.9 Å². The molecule has 2 N–H and O–H groups in total. The second kappa shape index (κ2) is 4.86. The summed E-state index contributed by atoms with van der Waals surface area (Å²) in [4.78, 5) is 0. The lowest BCUT2D eigenvalue weighted by atomic mass is 9.71. The van der Waals surface area contributed by atoms with Gasteiger partial charge < -0.3 is 5.11 Å². The number of aliphatic hydroxyl groups is 1. The van der Waals surface area contributed by atoms with Crippen molar-refractivity contribution in [2.24, 2.45) is 10.8 Å². The summed E-state index contributed by atoms with van der Waals surface area (Å²) in [5, 5.41) is 9.72. The van der Waals surface area contributed by atoms with Gasteiger partial charge in [-0.3, -0.25) is 0 Å². The minimum absolute atomic E-state index is 0.181. The van der Waals surface area contributed by atoms with Gasteiger partial charge in [-0.25, -0.2) is 13.1 Å². The topological polar surface area (TPSA) is 66.4 Å². The van der Waals surface area contributed by atoms with E-state index in [1.807, 2.05) is 41.5 Å². The Bertz CT molecular complexity index is 349. The molecule has 0 rings (SSSR count). The molecule has 0 aromatic heterocycles. The molecule has 0 spiro atoms. The molecule has 0 aromatic carbocycles. The van der Waals surface area contributed by atoms with E-state index in [-0.39, 0.29) is 12.0 Å². The van der Waals surface area contributed by atoms with Gasteiger partial charge in [0.15, 0.2) is 0 Å². The van der Waals surface area contributed by atoms with E-state index in [0.29, 0.717) is 6.42 Å². The Morgan fingerprint density at radius 1 is 1.06 bits per heavy atom. The third-order valence-electron chi connectivity index (χ3n) is 3.22. The minimum Gasteiger partial charge on any atom is -0.395 e. The smallest absolute Gasteiger partial charge is 0.219 e. The van der Waals surface area contributed by atoms with Crippen molar-refractivity contribution in [1.29, 1.82) is 0 Å². The molecule has 5 heteroatoms. The number of aliphatic hydroxyl groups excluding tert-OH is 1. The SMILES string of the molecule is CNS(=O)(=O)C(CO)(CC(C)(C)C)C(C)(C)C. The monoisotopic (exact) mass is 265 g/mol. The summed E-state index contributed by atoms with van der Waals surface area (Å²) in [7, 11) is -2.17. The lowest BCUT2D eigenvalue weighted by Crippen LogP contribution is -2.58. The summed E-state index contributed by atoms with van der Waals surface area (Å²) in [6.45, 7) is 11.1. The number of hydrogen-bond acceptors (Lipinski definition) is 3. The van der Waals surface area contributed by atoms with Gasteiger partial charge in [-0.15, -0.1) is 0 Å². The summed E-state index contributed by atoms with van der Waals surface area (Å²) in [6, 6.07) is 0. The summed E-state index contributed by atoms with van der Waals surface area (Å²) >= 11 is 0. The second-order valence-electron chi connectivity index (χ2n) is 6.85. The molecular weight excluding hydrogens is 238 g/mol. The van der Waals surface area contributed by atoms with Crippen molar-refractivity contribution in [2.75, 3.05) is 13.7 Å². The van der Waals surface area contributed by atoms with Crippen molar-refractivity contribution >= 4 is 10.0 Å². The first kappa shape index (κ1) is 16.9. The number of hydrogen-bond donors (Lipinski definition) is 2. The molecular formula is C12H27NO3S. The maximum absolute atomic E-state index is 12.3. The van der Waals surface area contributed by atoms with E-state index in [4.69, 9.17) is 0 Å². The highest BCUT2D eigenvalue weighted by molar-refractivity contribution is 7.91. The Hall–Kier alpha value is -0.130. The maximum Gasteiger partial charge on any atom is 0.219 e. The van der Waals surface area contributed by atoms with Crippen molar-refractivity contribution < 1.29 is 13.5 Å². The van der Waals surface area contributed by atoms with Crippen molar-refractivity contribution in [3.8, 4) is 0 Å². The van der Waals surface area contributed by atoms with E-state index < -0.39 is 20.2 Å². The summed E-state index contributed by atoms with van der Waals surface area (Å²) in [5.41, 5.74) is -0.725. The minimum atomic E-state index is -3.56. The Morgan fingerprint density at radius 2 is 1.47 bits per heavy atom. The van der Waals surface area contributed by atoms with E-state index in [9.17, 15) is 13.5 Å². The van der Waals surface area contributed by atoms with Gasteiger partial charge >= 0.3 is 0 Å². The zero-order valence-electron chi connectivity index (χ0n) is 12.1. The van der Waals surface area contributed by atoms with E-state index in [1.165, 1.54) is 7.05 Å². The summed E-state index contributed by atoms with van der Waals surface area (Å²) in [6.07, 6.45) is 0.406. The van der Waals surface area contributed by atoms with Crippen LogP contribution in [0.2, 0.25) is 0 Å². The normalized spacial score (nSPS) is 17.9. The van der Waals surface area contributed by atoms with Crippen LogP contribution in [0.4, 0.5) is 0 Å². The van der Waals surface area contributed by atoms with Crippen molar-refractivity contribution in [1.82, 2.24) is 4.72 Å². The quantitative estimate of drug-likeness (QED) is 0.814. The molecule has 0 amide bonds. The fraction of sp³-hybridized carbons (Fsp3) is 1.00. The van der Waals surface area contributed by atoms with Crippen LogP contribution in [0.1, 0.15) is 48.0 Å². The molecule has 0 radical (unpaired) electrons. The molecule has 0 fully saturated rings. The predicted octanol–water partition coefficient (Wildman–Crippen LogP) is 1.75. The van der Waals surface area contributed by atoms with Gasteiger partial charge in [-0.05, 0) is 24.3 Å². The molecule has 1 atom stereocenters. The lowest BCUT2D eigenvalue weighted by Gasteiger charge is -2.45. The average molecular weight is 265 g/mol. The first-order chi connectivity index (χ1) is 7.33. The van der Waals surface area contributed by atoms with Crippen molar-refractivity contribution in [2.45, 2.75) is 52.7 Å². The molecule has 104 valence electrons. The highest BCUT2D eigenvalue weighted by Crippen LogP contribution is 2.44. The molecule has 0 aliphatic rings. The number of nitrogens with one attached hydrogen (secondary N) is 1. The second-order valence-corrected chi connectivity index (χ2v) is 9.04. The standard InChI is InChI=1S/C12H27NO3S/c1-10(2,3)8-12(9-14,11(4,5)6)17(15,16)13-7/h13-14H,8-9H2,1-7H3. The Kier molecular flexibility index (Phi) is 4.82. The average Bonchev–Trinajstić information content (AvgIpc) is 2.10. The summed E-state index contributed by atoms with van der Waals surface area (Å²) < 4.78 is 25.8. The molecule has 0 aliphatic heterocycles. The van der Waals surface area contributed by atoms with Gasteiger partial charge in [0.1, 0.15) is 4.75 Å². The van der Waals surface area contributed by atoms with Crippen LogP contribution in [0.15, 0.2) is 0 Å². The van der Waals surface area contributed by atoms with Gasteiger partial charge in [0.25, 0.3) is 0 Å². The predicted molar refractivity (Wildman–Crippen MR) is 71.3 cm³/mol. The van der Waals surface area contributed by atoms with Gasteiger partial charge in [0, 0.05) is 0 Å². The van der Waals surface area contributed by atoms with E-state index in [2.05, 4.69) is 4.72 Å². The highest BCUT2D eigenvalue weighted by Gasteiger charge is 2.53. The summed E-state index contributed by atoms with van der Waals surface area (Å²) in [5.74, 6) is 0. The largest absolute Gasteiger partial charge is 0.395 e. The zero-order chi connectivity index (χ0) is 14.1. The third kappa shape index (κ3) is 3.42. The van der Waals surface area contributed by atoms with Crippen LogP contribution in [-0.2, 0) is 10.0 Å². The molecule has 0 aromatic rings. The third-order valence-corrected chi connectivity index (χ3v) is 5.67. The number of sulfonamides is 1. The van der Waals surface area contributed by atoms with Crippen LogP contribution in [0, 0.1) is 10.8 Å². The van der Waals surface area contributed by atoms with Crippen molar-refractivity contribution in [3.63, 3.8) is 0 Å². The first-order valence-electron chi connectivity index (χ1n) is 5.87. The molecule has 0 bridgehead atoms. The fourth-order valence-corrected chi connectivity index (χ4v) is 4.18. The molecule has 0 saturated carbocycles. The molecule has 0 saturated heterocycles. The van der Waals surface area contributed by atoms with Crippen LogP contribution < -0.4 is 4.72 Å². The van der Waals surface area contributed by atoms with Crippen molar-refractivity contribution in [3.05, 3.63) is 0 Å². The van der Waals surface area contributed by atoms with Crippen LogP contribution in [0.5, 0.6) is 0 Å².